The van der Waals surface area contributed by atoms with Crippen LogP contribution in [-0.4, -0.2) is 7.11 Å². The van der Waals surface area contributed by atoms with Gasteiger partial charge in [0.1, 0.15) is 0 Å². The first-order valence-corrected chi connectivity index (χ1v) is 3.73. The van der Waals surface area contributed by atoms with Gasteiger partial charge in [0, 0.05) is 0 Å². The Kier molecular flexibility index (Phi) is 2.76. The Hall–Kier alpha value is -0.830. The minimum Gasteiger partial charge on any atom is -0.493 e. The molecule has 0 saturated carbocycles. The third-order valence-corrected chi connectivity index (χ3v) is 1.98. The van der Waals surface area contributed by atoms with Crippen molar-refractivity contribution >= 4 is 14.5 Å². The summed E-state index contributed by atoms with van der Waals surface area (Å²) in [5.41, 5.74) is 0. The van der Waals surface area contributed by atoms with E-state index in [0.717, 1.165) is 7.11 Å². The molecule has 0 bridgehead atoms. The van der Waals surface area contributed by atoms with E-state index in [-0.39, 0.29) is 0 Å². The van der Waals surface area contributed by atoms with Crippen molar-refractivity contribution in [3.8, 4) is 5.75 Å². The van der Waals surface area contributed by atoms with Gasteiger partial charge in [0.2, 0.25) is 11.6 Å². The third kappa shape index (κ3) is 1.48. The van der Waals surface area contributed by atoms with Crippen LogP contribution in [0, 0.1) is 23.3 Å². The maximum absolute atomic E-state index is 12.8. The minimum atomic E-state index is -1.87. The first-order chi connectivity index (χ1) is 6.00. The van der Waals surface area contributed by atoms with E-state index in [1.807, 2.05) is 0 Å². The molecule has 0 fully saturated rings. The maximum Gasteiger partial charge on any atom is 0.204 e. The van der Waals surface area contributed by atoms with Crippen LogP contribution in [0.1, 0.15) is 0 Å². The normalized spacial score (nSPS) is 10.3. The molecule has 6 heteroatoms. The molecule has 0 aliphatic heterocycles. The largest absolute Gasteiger partial charge is 0.493 e. The lowest BCUT2D eigenvalue weighted by Crippen LogP contribution is -2.12. The minimum absolute atomic E-state index is 0.473. The molecule has 0 aromatic heterocycles. The molecule has 0 N–H and O–H groups in total. The molecule has 0 heterocycles. The molecule has 0 aliphatic rings. The molecule has 13 heavy (non-hydrogen) atoms. The van der Waals surface area contributed by atoms with Crippen molar-refractivity contribution in [3.63, 3.8) is 0 Å². The van der Waals surface area contributed by atoms with Gasteiger partial charge in [-0.3, -0.25) is 0 Å². The Morgan fingerprint density at radius 3 is 1.85 bits per heavy atom. The van der Waals surface area contributed by atoms with Gasteiger partial charge in [0.05, 0.1) is 12.4 Å². The SMILES string of the molecule is COc1c(F)c(F)c(F)c(F)c1P. The molecular weight excluding hydrogens is 207 g/mol. The van der Waals surface area contributed by atoms with Crippen molar-refractivity contribution in [3.05, 3.63) is 23.3 Å². The van der Waals surface area contributed by atoms with E-state index in [9.17, 15) is 17.6 Å². The summed E-state index contributed by atoms with van der Waals surface area (Å²) in [6, 6.07) is 0. The number of ether oxygens (including phenoxy) is 1. The number of hydrogen-bond acceptors (Lipinski definition) is 1. The standard InChI is InChI=1S/C7H5F4OP/c1-12-6-4(10)2(8)3(9)5(11)7(6)13/h13H2,1H3. The number of benzene rings is 1. The van der Waals surface area contributed by atoms with Gasteiger partial charge in [-0.15, -0.1) is 0 Å². The van der Waals surface area contributed by atoms with E-state index in [4.69, 9.17) is 0 Å². The highest BCUT2D eigenvalue weighted by Gasteiger charge is 2.23. The molecule has 0 radical (unpaired) electrons. The second-order valence-corrected chi connectivity index (χ2v) is 2.78. The lowest BCUT2D eigenvalue weighted by Gasteiger charge is -2.07. The zero-order chi connectivity index (χ0) is 10.2. The summed E-state index contributed by atoms with van der Waals surface area (Å²) < 4.78 is 54.9. The second-order valence-electron chi connectivity index (χ2n) is 2.20. The van der Waals surface area contributed by atoms with Crippen LogP contribution >= 0.6 is 9.24 Å². The van der Waals surface area contributed by atoms with Gasteiger partial charge < -0.3 is 4.74 Å². The first kappa shape index (κ1) is 10.3. The molecule has 0 saturated heterocycles. The molecular formula is C7H5F4OP. The predicted octanol–water partition coefficient (Wildman–Crippen LogP) is 1.75. The van der Waals surface area contributed by atoms with E-state index < -0.39 is 34.3 Å². The molecule has 1 atom stereocenters. The highest BCUT2D eigenvalue weighted by Crippen LogP contribution is 2.24. The average Bonchev–Trinajstić information content (AvgIpc) is 2.13. The molecule has 1 unspecified atom stereocenters. The van der Waals surface area contributed by atoms with Crippen LogP contribution in [0.25, 0.3) is 0 Å². The monoisotopic (exact) mass is 212 g/mol. The Morgan fingerprint density at radius 2 is 1.38 bits per heavy atom. The quantitative estimate of drug-likeness (QED) is 0.298. The molecule has 72 valence electrons. The summed E-state index contributed by atoms with van der Waals surface area (Å²) in [6.07, 6.45) is 0. The van der Waals surface area contributed by atoms with E-state index in [0.29, 0.717) is 0 Å². The van der Waals surface area contributed by atoms with E-state index >= 15 is 0 Å². The van der Waals surface area contributed by atoms with Crippen molar-refractivity contribution in [1.82, 2.24) is 0 Å². The average molecular weight is 212 g/mol. The predicted molar refractivity (Wildman–Crippen MR) is 42.2 cm³/mol. The Labute approximate surface area is 73.9 Å². The number of hydrogen-bond donors (Lipinski definition) is 0. The summed E-state index contributed by atoms with van der Waals surface area (Å²) in [7, 11) is 2.76. The van der Waals surface area contributed by atoms with Crippen molar-refractivity contribution < 1.29 is 22.3 Å². The molecule has 0 amide bonds. The molecule has 1 aromatic rings. The summed E-state index contributed by atoms with van der Waals surface area (Å²) in [4.78, 5) is 0. The van der Waals surface area contributed by atoms with Gasteiger partial charge in [-0.1, -0.05) is 9.24 Å². The van der Waals surface area contributed by atoms with Crippen LogP contribution < -0.4 is 10.0 Å². The maximum atomic E-state index is 12.8. The Balaban J connectivity index is 3.56. The molecule has 1 rings (SSSR count). The van der Waals surface area contributed by atoms with Crippen LogP contribution in [0.2, 0.25) is 0 Å². The van der Waals surface area contributed by atoms with Crippen molar-refractivity contribution in [2.75, 3.05) is 7.11 Å². The lowest BCUT2D eigenvalue weighted by atomic mass is 10.3. The summed E-state index contributed by atoms with van der Waals surface area (Å²) in [5.74, 6) is -7.38. The lowest BCUT2D eigenvalue weighted by molar-refractivity contribution is 0.351. The summed E-state index contributed by atoms with van der Waals surface area (Å²) in [6.45, 7) is 0. The highest BCUT2D eigenvalue weighted by atomic mass is 31.0. The number of halogens is 4. The van der Waals surface area contributed by atoms with Crippen LogP contribution in [0.15, 0.2) is 0 Å². The summed E-state index contributed by atoms with van der Waals surface area (Å²) >= 11 is 0. The molecule has 0 spiro atoms. The third-order valence-electron chi connectivity index (χ3n) is 1.46. The van der Waals surface area contributed by atoms with E-state index in [2.05, 4.69) is 4.74 Å². The van der Waals surface area contributed by atoms with Gasteiger partial charge in [-0.25, -0.2) is 13.2 Å². The van der Waals surface area contributed by atoms with Gasteiger partial charge in [-0.2, -0.15) is 4.39 Å². The fraction of sp³-hybridized carbons (Fsp3) is 0.143. The van der Waals surface area contributed by atoms with Crippen molar-refractivity contribution in [1.29, 1.82) is 0 Å². The molecule has 1 aromatic carbocycles. The topological polar surface area (TPSA) is 9.23 Å². The second kappa shape index (κ2) is 3.50. The number of rotatable bonds is 1. The smallest absolute Gasteiger partial charge is 0.204 e. The fourth-order valence-electron chi connectivity index (χ4n) is 0.828. The van der Waals surface area contributed by atoms with Crippen molar-refractivity contribution in [2.24, 2.45) is 0 Å². The van der Waals surface area contributed by atoms with E-state index in [1.54, 1.807) is 9.24 Å². The first-order valence-electron chi connectivity index (χ1n) is 3.16. The van der Waals surface area contributed by atoms with E-state index in [1.165, 1.54) is 0 Å². The summed E-state index contributed by atoms with van der Waals surface area (Å²) in [5, 5.41) is -0.473. The van der Waals surface area contributed by atoms with Gasteiger partial charge in [0.15, 0.2) is 17.4 Å². The Morgan fingerprint density at radius 1 is 0.923 bits per heavy atom. The Bertz CT molecular complexity index is 324. The van der Waals surface area contributed by atoms with Crippen molar-refractivity contribution in [2.45, 2.75) is 0 Å². The molecule has 0 aliphatic carbocycles. The highest BCUT2D eigenvalue weighted by molar-refractivity contribution is 7.27. The van der Waals surface area contributed by atoms with Gasteiger partial charge in [0.25, 0.3) is 0 Å². The zero-order valence-corrected chi connectivity index (χ0v) is 7.65. The van der Waals surface area contributed by atoms with Crippen LogP contribution in [0.4, 0.5) is 17.6 Å². The number of methoxy groups -OCH3 is 1. The van der Waals surface area contributed by atoms with Crippen LogP contribution in [0.3, 0.4) is 0 Å². The van der Waals surface area contributed by atoms with Gasteiger partial charge >= 0.3 is 0 Å². The zero-order valence-electron chi connectivity index (χ0n) is 6.50. The van der Waals surface area contributed by atoms with Crippen LogP contribution in [-0.2, 0) is 0 Å². The van der Waals surface area contributed by atoms with Crippen LogP contribution in [0.5, 0.6) is 5.75 Å². The fourth-order valence-corrected chi connectivity index (χ4v) is 1.20. The van der Waals surface area contributed by atoms with Gasteiger partial charge in [-0.05, 0) is 0 Å². The molecule has 1 nitrogen and oxygen atoms in total.